The van der Waals surface area contributed by atoms with Crippen LogP contribution in [-0.2, 0) is 6.54 Å². The van der Waals surface area contributed by atoms with E-state index in [2.05, 4.69) is 15.9 Å². The Labute approximate surface area is 213 Å². The Bertz CT molecular complexity index is 1800. The van der Waals surface area contributed by atoms with Crippen molar-refractivity contribution >= 4 is 22.6 Å². The van der Waals surface area contributed by atoms with Crippen LogP contribution in [0.15, 0.2) is 71.5 Å². The third kappa shape index (κ3) is 4.41. The van der Waals surface area contributed by atoms with Crippen molar-refractivity contribution in [3.63, 3.8) is 0 Å². The Hall–Kier alpha value is -4.96. The number of hydrogen-bond acceptors (Lipinski definition) is 3. The quantitative estimate of drug-likeness (QED) is 0.285. The molecule has 0 aliphatic carbocycles. The Balaban J connectivity index is 1.64. The van der Waals surface area contributed by atoms with Gasteiger partial charge in [0, 0.05) is 16.5 Å². The predicted molar refractivity (Wildman–Crippen MR) is 144 cm³/mol. The lowest BCUT2D eigenvalue weighted by Crippen LogP contribution is -2.23. The zero-order chi connectivity index (χ0) is 26.3. The molecule has 0 amide bonds. The monoisotopic (exact) mass is 488 g/mol. The van der Waals surface area contributed by atoms with Crippen molar-refractivity contribution in [3.8, 4) is 22.6 Å². The number of benzene rings is 2. The molecule has 0 saturated carbocycles. The number of rotatable bonds is 5. The predicted octanol–water partition coefficient (Wildman–Crippen LogP) is 6.28. The van der Waals surface area contributed by atoms with E-state index in [-0.39, 0.29) is 16.9 Å². The first-order valence-corrected chi connectivity index (χ1v) is 11.8. The molecular formula is C30H24N4O3. The Morgan fingerprint density at radius 2 is 1.78 bits per heavy atom. The summed E-state index contributed by atoms with van der Waals surface area (Å²) in [6, 6.07) is 20.8. The second-order valence-corrected chi connectivity index (χ2v) is 9.19. The summed E-state index contributed by atoms with van der Waals surface area (Å²) in [5.41, 5.74) is 7.14. The van der Waals surface area contributed by atoms with E-state index in [0.717, 1.165) is 27.6 Å². The first-order valence-electron chi connectivity index (χ1n) is 11.8. The molecule has 0 atom stereocenters. The first-order chi connectivity index (χ1) is 17.7. The standard InChI is InChI=1S/C30H24N4O3/c1-17-8-9-22(18(2)12-17)16-34-27(13-19(3)28(31-4)29(34)35)24-7-5-6-23(32-24)20-10-11-21-15-26(30(36)37)33-25(21)14-20/h5-15,33H,16H2,1-3H3,(H,36,37). The van der Waals surface area contributed by atoms with E-state index in [9.17, 15) is 14.7 Å². The number of fused-ring (bicyclic) bond motifs is 1. The third-order valence-electron chi connectivity index (χ3n) is 6.56. The average molecular weight is 489 g/mol. The summed E-state index contributed by atoms with van der Waals surface area (Å²) in [7, 11) is 0. The Morgan fingerprint density at radius 1 is 1.00 bits per heavy atom. The van der Waals surface area contributed by atoms with E-state index in [1.54, 1.807) is 17.6 Å². The van der Waals surface area contributed by atoms with Crippen LogP contribution in [0, 0.1) is 27.3 Å². The van der Waals surface area contributed by atoms with Gasteiger partial charge in [0.1, 0.15) is 5.69 Å². The number of carboxylic acid groups (broad SMARTS) is 1. The molecule has 0 bridgehead atoms. The van der Waals surface area contributed by atoms with Gasteiger partial charge in [-0.1, -0.05) is 42.0 Å². The molecule has 2 N–H and O–H groups in total. The third-order valence-corrected chi connectivity index (χ3v) is 6.56. The summed E-state index contributed by atoms with van der Waals surface area (Å²) >= 11 is 0. The van der Waals surface area contributed by atoms with Crippen LogP contribution >= 0.6 is 0 Å². The molecule has 7 nitrogen and oxygen atoms in total. The molecule has 5 aromatic rings. The summed E-state index contributed by atoms with van der Waals surface area (Å²) in [5.74, 6) is -1.02. The molecule has 0 spiro atoms. The minimum absolute atomic E-state index is 0.108. The van der Waals surface area contributed by atoms with Crippen molar-refractivity contribution < 1.29 is 9.90 Å². The van der Waals surface area contributed by atoms with E-state index >= 15 is 0 Å². The molecule has 5 rings (SSSR count). The summed E-state index contributed by atoms with van der Waals surface area (Å²) in [4.78, 5) is 36.1. The number of aromatic nitrogens is 3. The molecule has 3 aromatic heterocycles. The van der Waals surface area contributed by atoms with Crippen LogP contribution in [0.1, 0.15) is 32.7 Å². The molecule has 3 heterocycles. The number of nitrogens with one attached hydrogen (secondary N) is 1. The molecule has 0 aliphatic heterocycles. The van der Waals surface area contributed by atoms with Crippen molar-refractivity contribution in [1.82, 2.24) is 14.5 Å². The molecule has 37 heavy (non-hydrogen) atoms. The largest absolute Gasteiger partial charge is 0.477 e. The number of hydrogen-bond donors (Lipinski definition) is 2. The number of aromatic carboxylic acids is 1. The maximum absolute atomic E-state index is 13.4. The second-order valence-electron chi connectivity index (χ2n) is 9.19. The Morgan fingerprint density at radius 3 is 2.51 bits per heavy atom. The number of nitrogens with zero attached hydrogens (tertiary/aromatic N) is 3. The van der Waals surface area contributed by atoms with E-state index in [4.69, 9.17) is 11.6 Å². The minimum Gasteiger partial charge on any atom is -0.477 e. The summed E-state index contributed by atoms with van der Waals surface area (Å²) < 4.78 is 1.62. The highest BCUT2D eigenvalue weighted by molar-refractivity contribution is 5.95. The highest BCUT2D eigenvalue weighted by Crippen LogP contribution is 2.28. The maximum Gasteiger partial charge on any atom is 0.352 e. The topological polar surface area (TPSA) is 92.3 Å². The zero-order valence-corrected chi connectivity index (χ0v) is 20.7. The molecular weight excluding hydrogens is 464 g/mol. The van der Waals surface area contributed by atoms with Crippen LogP contribution in [0.25, 0.3) is 38.4 Å². The van der Waals surface area contributed by atoms with Gasteiger partial charge in [0.05, 0.1) is 30.2 Å². The first kappa shape index (κ1) is 23.8. The molecule has 0 aliphatic rings. The number of H-pyrrole nitrogens is 1. The van der Waals surface area contributed by atoms with Gasteiger partial charge in [0.25, 0.3) is 11.2 Å². The lowest BCUT2D eigenvalue weighted by atomic mass is 10.0. The number of aromatic amines is 1. The zero-order valence-electron chi connectivity index (χ0n) is 20.7. The van der Waals surface area contributed by atoms with Crippen LogP contribution in [0.4, 0.5) is 5.69 Å². The molecule has 182 valence electrons. The fourth-order valence-corrected chi connectivity index (χ4v) is 4.60. The van der Waals surface area contributed by atoms with E-state index in [1.165, 1.54) is 0 Å². The van der Waals surface area contributed by atoms with E-state index in [1.807, 2.05) is 68.4 Å². The fraction of sp³-hybridized carbons (Fsp3) is 0.133. The maximum atomic E-state index is 13.4. The molecule has 0 saturated heterocycles. The van der Waals surface area contributed by atoms with Gasteiger partial charge in [-0.2, -0.15) is 0 Å². The Kier molecular flexibility index (Phi) is 5.94. The van der Waals surface area contributed by atoms with Crippen molar-refractivity contribution in [2.24, 2.45) is 0 Å². The van der Waals surface area contributed by atoms with Crippen LogP contribution in [-0.4, -0.2) is 25.6 Å². The van der Waals surface area contributed by atoms with Gasteiger partial charge in [-0.15, -0.1) is 0 Å². The summed E-state index contributed by atoms with van der Waals surface area (Å²) in [5, 5.41) is 10.1. The normalized spacial score (nSPS) is 11.0. The smallest absolute Gasteiger partial charge is 0.352 e. The molecule has 0 unspecified atom stereocenters. The number of carboxylic acids is 1. The highest BCUT2D eigenvalue weighted by atomic mass is 16.4. The van der Waals surface area contributed by atoms with E-state index < -0.39 is 5.97 Å². The van der Waals surface area contributed by atoms with Crippen molar-refractivity contribution in [2.45, 2.75) is 27.3 Å². The molecule has 0 radical (unpaired) electrons. The van der Waals surface area contributed by atoms with Gasteiger partial charge < -0.3 is 14.7 Å². The SMILES string of the molecule is [C-]#[N+]c1c(C)cc(-c2cccc(-c3ccc4cc(C(=O)O)[nH]c4c3)n2)n(Cc2ccc(C)cc2C)c1=O. The van der Waals surface area contributed by atoms with Crippen LogP contribution in [0.3, 0.4) is 0 Å². The van der Waals surface area contributed by atoms with Gasteiger partial charge in [-0.3, -0.25) is 4.79 Å². The van der Waals surface area contributed by atoms with Crippen molar-refractivity contribution in [2.75, 3.05) is 0 Å². The van der Waals surface area contributed by atoms with Crippen LogP contribution < -0.4 is 5.56 Å². The van der Waals surface area contributed by atoms with Gasteiger partial charge >= 0.3 is 5.97 Å². The van der Waals surface area contributed by atoms with Crippen LogP contribution in [0.5, 0.6) is 0 Å². The van der Waals surface area contributed by atoms with Gasteiger partial charge in [-0.05, 0) is 67.8 Å². The van der Waals surface area contributed by atoms with Gasteiger partial charge in [0.15, 0.2) is 0 Å². The molecule has 2 aromatic carbocycles. The van der Waals surface area contributed by atoms with Crippen molar-refractivity contribution in [1.29, 1.82) is 0 Å². The molecule has 7 heteroatoms. The lowest BCUT2D eigenvalue weighted by Gasteiger charge is -2.17. The number of carbonyl (C=O) groups is 1. The lowest BCUT2D eigenvalue weighted by molar-refractivity contribution is 0.0691. The van der Waals surface area contributed by atoms with Crippen LogP contribution in [0.2, 0.25) is 0 Å². The minimum atomic E-state index is -1.02. The molecule has 0 fully saturated rings. The average Bonchev–Trinajstić information content (AvgIpc) is 3.31. The number of aryl methyl sites for hydroxylation is 3. The second kappa shape index (κ2) is 9.25. The fourth-order valence-electron chi connectivity index (χ4n) is 4.60. The number of pyridine rings is 2. The summed E-state index contributed by atoms with van der Waals surface area (Å²) in [6.45, 7) is 13.7. The van der Waals surface area contributed by atoms with Crippen molar-refractivity contribution in [3.05, 3.63) is 116 Å². The van der Waals surface area contributed by atoms with Gasteiger partial charge in [-0.25, -0.2) is 14.6 Å². The summed E-state index contributed by atoms with van der Waals surface area (Å²) in [6.07, 6.45) is 0. The van der Waals surface area contributed by atoms with E-state index in [0.29, 0.717) is 34.7 Å². The van der Waals surface area contributed by atoms with Gasteiger partial charge in [0.2, 0.25) is 0 Å². The highest BCUT2D eigenvalue weighted by Gasteiger charge is 2.17.